The topological polar surface area (TPSA) is 73.2 Å². The molecule has 0 saturated carbocycles. The van der Waals surface area contributed by atoms with Gasteiger partial charge in [-0.2, -0.15) is 5.26 Å². The molecule has 1 aliphatic rings. The fraction of sp³-hybridized carbons (Fsp3) is 0.115. The van der Waals surface area contributed by atoms with Gasteiger partial charge < -0.3 is 4.90 Å². The summed E-state index contributed by atoms with van der Waals surface area (Å²) in [4.78, 5) is 27.1. The largest absolute Gasteiger partial charge is 0.369 e. The summed E-state index contributed by atoms with van der Waals surface area (Å²) < 4.78 is 0. The van der Waals surface area contributed by atoms with Crippen LogP contribution in [0.4, 0.5) is 0 Å². The van der Waals surface area contributed by atoms with Gasteiger partial charge in [-0.15, -0.1) is 0 Å². The predicted octanol–water partition coefficient (Wildman–Crippen LogP) is 4.42. The van der Waals surface area contributed by atoms with E-state index in [0.717, 1.165) is 22.3 Å². The lowest BCUT2D eigenvalue weighted by molar-refractivity contribution is 0.0849. The van der Waals surface area contributed by atoms with Gasteiger partial charge in [-0.3, -0.25) is 14.9 Å². The molecule has 0 spiro atoms. The molecule has 31 heavy (non-hydrogen) atoms. The van der Waals surface area contributed by atoms with Crippen LogP contribution in [-0.2, 0) is 13.1 Å². The van der Waals surface area contributed by atoms with Gasteiger partial charge >= 0.3 is 0 Å². The highest BCUT2D eigenvalue weighted by molar-refractivity contribution is 6.10. The average molecular weight is 407 g/mol. The third kappa shape index (κ3) is 4.71. The Balaban J connectivity index is 1.44. The lowest BCUT2D eigenvalue weighted by Crippen LogP contribution is -2.30. The standard InChI is InChI=1S/C26H21N3O2/c1-18-2-8-22(9-3-18)25(30)28-26(31)23-11-10-21-12-13-29(17-24(21)14-23)16-20-6-4-19(15-27)5-7-20/h2-14H,16-17H2,1H3,(H,28,30,31). The Bertz CT molecular complexity index is 1200. The van der Waals surface area contributed by atoms with Crippen molar-refractivity contribution < 1.29 is 9.59 Å². The molecule has 1 N–H and O–H groups in total. The van der Waals surface area contributed by atoms with E-state index in [0.29, 0.717) is 29.8 Å². The zero-order chi connectivity index (χ0) is 21.8. The maximum absolute atomic E-state index is 12.6. The molecule has 5 heteroatoms. The van der Waals surface area contributed by atoms with Crippen molar-refractivity contribution in [3.05, 3.63) is 112 Å². The number of fused-ring (bicyclic) bond motifs is 1. The van der Waals surface area contributed by atoms with E-state index in [-0.39, 0.29) is 0 Å². The average Bonchev–Trinajstić information content (AvgIpc) is 2.79. The van der Waals surface area contributed by atoms with Crippen LogP contribution in [0.25, 0.3) is 6.08 Å². The van der Waals surface area contributed by atoms with Gasteiger partial charge in [0.1, 0.15) is 0 Å². The number of carbonyl (C=O) groups is 2. The predicted molar refractivity (Wildman–Crippen MR) is 119 cm³/mol. The van der Waals surface area contributed by atoms with Crippen LogP contribution in [0.1, 0.15) is 48.5 Å². The summed E-state index contributed by atoms with van der Waals surface area (Å²) in [5.41, 5.74) is 5.77. The monoisotopic (exact) mass is 407 g/mol. The van der Waals surface area contributed by atoms with Gasteiger partial charge in [0.15, 0.2) is 0 Å². The number of benzene rings is 3. The first-order valence-corrected chi connectivity index (χ1v) is 9.98. The Kier molecular flexibility index (Phi) is 5.63. The Morgan fingerprint density at radius 2 is 1.65 bits per heavy atom. The van der Waals surface area contributed by atoms with Gasteiger partial charge in [-0.05, 0) is 66.1 Å². The first-order valence-electron chi connectivity index (χ1n) is 9.98. The number of aryl methyl sites for hydroxylation is 1. The highest BCUT2D eigenvalue weighted by Gasteiger charge is 2.16. The molecule has 152 valence electrons. The minimum absolute atomic E-state index is 0.412. The fourth-order valence-corrected chi connectivity index (χ4v) is 3.48. The number of rotatable bonds is 4. The number of hydrogen-bond donors (Lipinski definition) is 1. The van der Waals surface area contributed by atoms with Crippen LogP contribution >= 0.6 is 0 Å². The zero-order valence-corrected chi connectivity index (χ0v) is 17.1. The SMILES string of the molecule is Cc1ccc(C(=O)NC(=O)c2ccc3c(c2)CN(Cc2ccc(C#N)cc2)C=C3)cc1. The molecule has 0 fully saturated rings. The van der Waals surface area contributed by atoms with Crippen LogP contribution in [-0.4, -0.2) is 16.7 Å². The second-order valence-corrected chi connectivity index (χ2v) is 7.59. The minimum atomic E-state index is -0.415. The van der Waals surface area contributed by atoms with E-state index < -0.39 is 11.8 Å². The Morgan fingerprint density at radius 3 is 2.35 bits per heavy atom. The first kappa shape index (κ1) is 20.1. The van der Waals surface area contributed by atoms with Crippen molar-refractivity contribution in [1.82, 2.24) is 10.2 Å². The third-order valence-electron chi connectivity index (χ3n) is 5.25. The Hall–Kier alpha value is -4.17. The maximum Gasteiger partial charge on any atom is 0.258 e. The molecule has 0 aliphatic carbocycles. The molecule has 0 unspecified atom stereocenters. The summed E-state index contributed by atoms with van der Waals surface area (Å²) in [7, 11) is 0. The van der Waals surface area contributed by atoms with Gasteiger partial charge in [-0.25, -0.2) is 0 Å². The highest BCUT2D eigenvalue weighted by Crippen LogP contribution is 2.23. The second kappa shape index (κ2) is 8.68. The molecular weight excluding hydrogens is 386 g/mol. The molecule has 0 bridgehead atoms. The fourth-order valence-electron chi connectivity index (χ4n) is 3.48. The van der Waals surface area contributed by atoms with E-state index in [1.54, 1.807) is 18.2 Å². The van der Waals surface area contributed by atoms with Gasteiger partial charge in [-0.1, -0.05) is 35.9 Å². The molecule has 0 saturated heterocycles. The van der Waals surface area contributed by atoms with Gasteiger partial charge in [0.2, 0.25) is 0 Å². The molecule has 3 aromatic rings. The number of nitrogens with zero attached hydrogens (tertiary/aromatic N) is 2. The lowest BCUT2D eigenvalue weighted by atomic mass is 10.00. The zero-order valence-electron chi connectivity index (χ0n) is 17.1. The molecular formula is C26H21N3O2. The number of imide groups is 1. The Morgan fingerprint density at radius 1 is 0.968 bits per heavy atom. The molecule has 1 heterocycles. The molecule has 4 rings (SSSR count). The molecule has 0 atom stereocenters. The van der Waals surface area contributed by atoms with Crippen LogP contribution in [0.5, 0.6) is 0 Å². The minimum Gasteiger partial charge on any atom is -0.369 e. The van der Waals surface area contributed by atoms with Crippen molar-refractivity contribution in [3.8, 4) is 6.07 Å². The maximum atomic E-state index is 12.6. The summed E-state index contributed by atoms with van der Waals surface area (Å²) in [6.07, 6.45) is 4.04. The smallest absolute Gasteiger partial charge is 0.258 e. The van der Waals surface area contributed by atoms with E-state index in [4.69, 9.17) is 5.26 Å². The van der Waals surface area contributed by atoms with Crippen LogP contribution in [0.15, 0.2) is 72.9 Å². The Labute approximate surface area is 181 Å². The lowest BCUT2D eigenvalue weighted by Gasteiger charge is -2.26. The number of nitrogens with one attached hydrogen (secondary N) is 1. The molecule has 0 aromatic heterocycles. The van der Waals surface area contributed by atoms with Crippen LogP contribution in [0.3, 0.4) is 0 Å². The van der Waals surface area contributed by atoms with Crippen molar-refractivity contribution in [2.24, 2.45) is 0 Å². The molecule has 1 aliphatic heterocycles. The number of amides is 2. The highest BCUT2D eigenvalue weighted by atomic mass is 16.2. The first-order chi connectivity index (χ1) is 15.0. The number of hydrogen-bond acceptors (Lipinski definition) is 4. The summed E-state index contributed by atoms with van der Waals surface area (Å²) in [5, 5.41) is 11.4. The molecule has 3 aromatic carbocycles. The van der Waals surface area contributed by atoms with Crippen molar-refractivity contribution in [2.45, 2.75) is 20.0 Å². The molecule has 0 radical (unpaired) electrons. The molecule has 2 amide bonds. The van der Waals surface area contributed by atoms with Gasteiger partial charge in [0.25, 0.3) is 11.8 Å². The molecule has 5 nitrogen and oxygen atoms in total. The summed E-state index contributed by atoms with van der Waals surface area (Å²) in [5.74, 6) is -0.827. The van der Waals surface area contributed by atoms with Gasteiger partial charge in [0.05, 0.1) is 11.6 Å². The van der Waals surface area contributed by atoms with E-state index in [1.165, 1.54) is 0 Å². The van der Waals surface area contributed by atoms with E-state index >= 15 is 0 Å². The normalized spacial score (nSPS) is 12.1. The second-order valence-electron chi connectivity index (χ2n) is 7.59. The summed E-state index contributed by atoms with van der Waals surface area (Å²) in [6, 6.07) is 22.2. The van der Waals surface area contributed by atoms with Crippen molar-refractivity contribution >= 4 is 17.9 Å². The number of carbonyl (C=O) groups excluding carboxylic acids is 2. The third-order valence-corrected chi connectivity index (χ3v) is 5.25. The summed E-state index contributed by atoms with van der Waals surface area (Å²) in [6.45, 7) is 3.29. The van der Waals surface area contributed by atoms with E-state index in [9.17, 15) is 9.59 Å². The van der Waals surface area contributed by atoms with E-state index in [2.05, 4.69) is 16.3 Å². The van der Waals surface area contributed by atoms with Crippen molar-refractivity contribution in [2.75, 3.05) is 0 Å². The summed E-state index contributed by atoms with van der Waals surface area (Å²) >= 11 is 0. The number of nitriles is 1. The van der Waals surface area contributed by atoms with E-state index in [1.807, 2.05) is 67.7 Å². The van der Waals surface area contributed by atoms with Crippen molar-refractivity contribution in [3.63, 3.8) is 0 Å². The van der Waals surface area contributed by atoms with Gasteiger partial charge in [0, 0.05) is 30.4 Å². The quantitative estimate of drug-likeness (QED) is 0.650. The van der Waals surface area contributed by atoms with Crippen LogP contribution < -0.4 is 5.32 Å². The van der Waals surface area contributed by atoms with Crippen LogP contribution in [0, 0.1) is 18.3 Å². The van der Waals surface area contributed by atoms with Crippen molar-refractivity contribution in [1.29, 1.82) is 5.26 Å². The van der Waals surface area contributed by atoms with Crippen LogP contribution in [0.2, 0.25) is 0 Å².